The first kappa shape index (κ1) is 38.9. The summed E-state index contributed by atoms with van der Waals surface area (Å²) in [7, 11) is -9.77. The Kier molecular flexibility index (Phi) is 10.2. The highest BCUT2D eigenvalue weighted by Gasteiger charge is 2.24. The molecule has 0 aliphatic heterocycles. The van der Waals surface area contributed by atoms with Crippen LogP contribution >= 0.6 is 0 Å². The van der Waals surface area contributed by atoms with Crippen molar-refractivity contribution in [2.24, 2.45) is 0 Å². The fourth-order valence-corrected chi connectivity index (χ4v) is 7.15. The number of amides is 4. The minimum Gasteiger partial charge on any atom is -0.506 e. The number of aromatic hydroxyl groups is 2. The van der Waals surface area contributed by atoms with Gasteiger partial charge in [0.15, 0.2) is 0 Å². The summed E-state index contributed by atoms with van der Waals surface area (Å²) in [4.78, 5) is 51.2. The molecule has 0 aliphatic rings. The van der Waals surface area contributed by atoms with Crippen LogP contribution in [0.2, 0.25) is 0 Å². The van der Waals surface area contributed by atoms with E-state index in [1.165, 1.54) is 72.8 Å². The van der Waals surface area contributed by atoms with Crippen LogP contribution in [-0.2, 0) is 29.8 Å². The molecule has 0 fully saturated rings. The third-order valence-corrected chi connectivity index (χ3v) is 10.4. The third-order valence-electron chi connectivity index (χ3n) is 8.70. The SMILES string of the molecule is Cc1ccc(NC(=O)C(=O)Nc2ccc(C)c(C(=O)Nc3cc(S(=O)(=O)O)c(O)c4ccccc34)c2)cc1C(=O)Nc1cc(S(=O)(=O)O)c(O)c2ccccc12. The molecule has 286 valence electrons. The smallest absolute Gasteiger partial charge is 0.314 e. The number of anilines is 4. The van der Waals surface area contributed by atoms with Crippen LogP contribution in [0.25, 0.3) is 21.5 Å². The van der Waals surface area contributed by atoms with Crippen molar-refractivity contribution in [2.75, 3.05) is 21.3 Å². The number of hydrogen-bond acceptors (Lipinski definition) is 10. The normalized spacial score (nSPS) is 11.6. The quantitative estimate of drug-likeness (QED) is 0.0532. The molecule has 0 saturated heterocycles. The summed E-state index contributed by atoms with van der Waals surface area (Å²) in [5, 5.41) is 31.5. The molecule has 0 aromatic heterocycles. The Morgan fingerprint density at radius 2 is 0.821 bits per heavy atom. The average Bonchev–Trinajstić information content (AvgIpc) is 3.14. The number of phenolic OH excluding ortho intramolecular Hbond substituents is 2. The lowest BCUT2D eigenvalue weighted by Gasteiger charge is -2.15. The summed E-state index contributed by atoms with van der Waals surface area (Å²) in [6, 6.07) is 22.3. The minimum absolute atomic E-state index is 0.0214. The summed E-state index contributed by atoms with van der Waals surface area (Å²) in [6.45, 7) is 3.18. The van der Waals surface area contributed by atoms with E-state index in [4.69, 9.17) is 0 Å². The van der Waals surface area contributed by atoms with Crippen LogP contribution in [0.5, 0.6) is 11.5 Å². The third kappa shape index (κ3) is 7.84. The summed E-state index contributed by atoms with van der Waals surface area (Å²) in [6.07, 6.45) is 0. The molecule has 0 heterocycles. The van der Waals surface area contributed by atoms with Gasteiger partial charge in [0.1, 0.15) is 21.3 Å². The van der Waals surface area contributed by atoms with Crippen LogP contribution in [0.4, 0.5) is 22.7 Å². The van der Waals surface area contributed by atoms with Crippen molar-refractivity contribution in [1.82, 2.24) is 0 Å². The van der Waals surface area contributed by atoms with Crippen LogP contribution in [0, 0.1) is 13.8 Å². The van der Waals surface area contributed by atoms with Gasteiger partial charge in [-0.3, -0.25) is 28.3 Å². The van der Waals surface area contributed by atoms with Crippen LogP contribution in [0.3, 0.4) is 0 Å². The predicted octanol–water partition coefficient (Wildman–Crippen LogP) is 5.60. The van der Waals surface area contributed by atoms with Gasteiger partial charge in [-0.15, -0.1) is 0 Å². The van der Waals surface area contributed by atoms with Crippen LogP contribution in [-0.4, -0.2) is 59.8 Å². The van der Waals surface area contributed by atoms with E-state index >= 15 is 0 Å². The monoisotopic (exact) mass is 798 g/mol. The Hall–Kier alpha value is -6.86. The molecular formula is C38H30N4O12S2. The van der Waals surface area contributed by atoms with E-state index in [2.05, 4.69) is 21.3 Å². The number of carbonyl (C=O) groups is 4. The van der Waals surface area contributed by atoms with Crippen molar-refractivity contribution in [3.8, 4) is 11.5 Å². The summed E-state index contributed by atoms with van der Waals surface area (Å²) in [5.74, 6) is -5.21. The van der Waals surface area contributed by atoms with Gasteiger partial charge in [-0.25, -0.2) is 0 Å². The van der Waals surface area contributed by atoms with Crippen LogP contribution in [0.1, 0.15) is 31.8 Å². The van der Waals surface area contributed by atoms with E-state index in [0.29, 0.717) is 11.1 Å². The van der Waals surface area contributed by atoms with Crippen molar-refractivity contribution >= 4 is 88.2 Å². The number of carbonyl (C=O) groups excluding carboxylic acids is 4. The molecule has 0 radical (unpaired) electrons. The molecule has 16 nitrogen and oxygen atoms in total. The number of rotatable bonds is 8. The number of phenols is 2. The summed E-state index contributed by atoms with van der Waals surface area (Å²) < 4.78 is 67.1. The maximum Gasteiger partial charge on any atom is 0.314 e. The number of hydrogen-bond donors (Lipinski definition) is 8. The lowest BCUT2D eigenvalue weighted by Crippen LogP contribution is -2.29. The van der Waals surface area contributed by atoms with Gasteiger partial charge >= 0.3 is 11.8 Å². The molecular weight excluding hydrogens is 769 g/mol. The van der Waals surface area contributed by atoms with Gasteiger partial charge in [0.2, 0.25) is 0 Å². The van der Waals surface area contributed by atoms with Gasteiger partial charge in [0, 0.05) is 44.0 Å². The second-order valence-corrected chi connectivity index (χ2v) is 15.2. The first-order valence-electron chi connectivity index (χ1n) is 16.2. The highest BCUT2D eigenvalue weighted by Crippen LogP contribution is 2.39. The van der Waals surface area contributed by atoms with Gasteiger partial charge in [-0.1, -0.05) is 60.7 Å². The largest absolute Gasteiger partial charge is 0.506 e. The highest BCUT2D eigenvalue weighted by molar-refractivity contribution is 7.86. The zero-order chi connectivity index (χ0) is 40.7. The first-order valence-corrected chi connectivity index (χ1v) is 19.1. The second-order valence-electron chi connectivity index (χ2n) is 12.5. The van der Waals surface area contributed by atoms with E-state index in [1.54, 1.807) is 26.0 Å². The molecule has 0 aliphatic carbocycles. The fraction of sp³-hybridized carbons (Fsp3) is 0.0526. The molecule has 0 spiro atoms. The minimum atomic E-state index is -4.88. The topological polar surface area (TPSA) is 266 Å². The van der Waals surface area contributed by atoms with E-state index < -0.39 is 65.2 Å². The fourth-order valence-electron chi connectivity index (χ4n) is 5.91. The Morgan fingerprint density at radius 1 is 0.482 bits per heavy atom. The number of benzene rings is 6. The Balaban J connectivity index is 1.19. The standard InChI is InChI=1S/C38H30N4O12S2/c1-19-11-13-21(15-27(19)35(45)41-29-17-31(55(49,50)51)33(43)25-9-5-3-7-23(25)29)39-37(47)38(48)40-22-14-12-20(2)28(16-22)36(46)42-30-18-32(56(52,53)54)34(44)26-10-6-4-8-24(26)30/h3-18,43-44H,1-2H3,(H,39,47)(H,40,48)(H,41,45)(H,42,46)(H,49,50,51)(H,52,53,54). The molecule has 6 aromatic carbocycles. The van der Waals surface area contributed by atoms with Crippen molar-refractivity contribution in [1.29, 1.82) is 0 Å². The maximum atomic E-state index is 13.4. The molecule has 0 atom stereocenters. The molecule has 18 heteroatoms. The van der Waals surface area contributed by atoms with E-state index in [1.807, 2.05) is 0 Å². The molecule has 56 heavy (non-hydrogen) atoms. The summed E-state index contributed by atoms with van der Waals surface area (Å²) >= 11 is 0. The number of nitrogens with one attached hydrogen (secondary N) is 4. The van der Waals surface area contributed by atoms with Gasteiger partial charge in [0.25, 0.3) is 32.1 Å². The molecule has 0 unspecified atom stereocenters. The zero-order valence-corrected chi connectivity index (χ0v) is 30.7. The van der Waals surface area contributed by atoms with Crippen molar-refractivity contribution < 1.29 is 55.3 Å². The molecule has 8 N–H and O–H groups in total. The van der Waals surface area contributed by atoms with Gasteiger partial charge in [-0.05, 0) is 61.4 Å². The van der Waals surface area contributed by atoms with Crippen LogP contribution < -0.4 is 21.3 Å². The molecule has 0 saturated carbocycles. The van der Waals surface area contributed by atoms with E-state index in [0.717, 1.165) is 12.1 Å². The van der Waals surface area contributed by atoms with Crippen molar-refractivity contribution in [3.05, 3.63) is 119 Å². The molecule has 6 rings (SSSR count). The zero-order valence-electron chi connectivity index (χ0n) is 29.1. The predicted molar refractivity (Wildman–Crippen MR) is 206 cm³/mol. The summed E-state index contributed by atoms with van der Waals surface area (Å²) in [5.41, 5.74) is 0.880. The Labute approximate surface area is 318 Å². The van der Waals surface area contributed by atoms with Crippen molar-refractivity contribution in [3.63, 3.8) is 0 Å². The van der Waals surface area contributed by atoms with Crippen LogP contribution in [0.15, 0.2) is 107 Å². The number of fused-ring (bicyclic) bond motifs is 2. The van der Waals surface area contributed by atoms with Gasteiger partial charge in [0.05, 0.1) is 11.4 Å². The molecule has 0 bridgehead atoms. The molecule has 6 aromatic rings. The van der Waals surface area contributed by atoms with E-state index in [-0.39, 0.29) is 55.4 Å². The van der Waals surface area contributed by atoms with Gasteiger partial charge < -0.3 is 31.5 Å². The number of aryl methyl sites for hydroxylation is 2. The average molecular weight is 799 g/mol. The maximum absolute atomic E-state index is 13.4. The molecule has 4 amide bonds. The lowest BCUT2D eigenvalue weighted by atomic mass is 10.0. The van der Waals surface area contributed by atoms with E-state index in [9.17, 15) is 55.3 Å². The Bertz CT molecular complexity index is 2700. The van der Waals surface area contributed by atoms with Gasteiger partial charge in [-0.2, -0.15) is 16.8 Å². The lowest BCUT2D eigenvalue weighted by molar-refractivity contribution is -0.132. The van der Waals surface area contributed by atoms with Crippen molar-refractivity contribution in [2.45, 2.75) is 23.6 Å². The first-order chi connectivity index (χ1) is 26.3. The Morgan fingerprint density at radius 3 is 1.16 bits per heavy atom. The highest BCUT2D eigenvalue weighted by atomic mass is 32.2. The second kappa shape index (κ2) is 14.8.